The van der Waals surface area contributed by atoms with Crippen molar-refractivity contribution in [3.05, 3.63) is 46.1 Å². The second-order valence-electron chi connectivity index (χ2n) is 5.75. The van der Waals surface area contributed by atoms with Crippen LogP contribution < -0.4 is 10.2 Å². The van der Waals surface area contributed by atoms with Gasteiger partial charge in [0.1, 0.15) is 0 Å². The maximum atomic E-state index is 12.3. The van der Waals surface area contributed by atoms with Crippen LogP contribution in [0.3, 0.4) is 0 Å². The highest BCUT2D eigenvalue weighted by Gasteiger charge is 2.18. The van der Waals surface area contributed by atoms with Crippen LogP contribution in [-0.2, 0) is 0 Å². The van der Waals surface area contributed by atoms with E-state index in [1.54, 1.807) is 24.3 Å². The number of likely N-dealkylation sites (N-methyl/N-ethyl adjacent to an activating group) is 1. The molecule has 2 heterocycles. The van der Waals surface area contributed by atoms with E-state index in [9.17, 15) is 4.79 Å². The average Bonchev–Trinajstić information content (AvgIpc) is 2.65. The summed E-state index contributed by atoms with van der Waals surface area (Å²) in [6.07, 6.45) is 0. The Balaban J connectivity index is 1.66. The first-order chi connectivity index (χ1) is 12.1. The van der Waals surface area contributed by atoms with E-state index in [4.69, 9.17) is 23.2 Å². The van der Waals surface area contributed by atoms with Gasteiger partial charge in [0.15, 0.2) is 11.5 Å². The summed E-state index contributed by atoms with van der Waals surface area (Å²) in [5, 5.41) is 11.6. The molecule has 0 bridgehead atoms. The normalized spacial score (nSPS) is 15.2. The lowest BCUT2D eigenvalue weighted by Gasteiger charge is -2.34. The summed E-state index contributed by atoms with van der Waals surface area (Å²) in [4.78, 5) is 16.9. The van der Waals surface area contributed by atoms with E-state index < -0.39 is 0 Å². The number of halogens is 2. The number of hydrogen-bond donors (Lipinski definition) is 1. The molecule has 25 heavy (non-hydrogen) atoms. The van der Waals surface area contributed by atoms with E-state index in [0.717, 1.165) is 38.5 Å². The lowest BCUT2D eigenvalue weighted by Crippen LogP contribution is -2.46. The van der Waals surface area contributed by atoms with Crippen molar-refractivity contribution in [1.82, 2.24) is 15.1 Å². The largest absolute Gasteiger partial charge is 0.353 e. The average molecular weight is 380 g/mol. The van der Waals surface area contributed by atoms with Crippen molar-refractivity contribution in [2.24, 2.45) is 0 Å². The molecule has 0 unspecified atom stereocenters. The van der Waals surface area contributed by atoms with Crippen LogP contribution in [0.2, 0.25) is 10.0 Å². The number of nitrogens with zero attached hydrogens (tertiary/aromatic N) is 4. The molecule has 0 atom stereocenters. The summed E-state index contributed by atoms with van der Waals surface area (Å²) in [6, 6.07) is 8.55. The number of hydrogen-bond acceptors (Lipinski definition) is 5. The quantitative estimate of drug-likeness (QED) is 0.883. The number of carbonyl (C=O) groups excluding carboxylic acids is 1. The Morgan fingerprint density at radius 3 is 2.52 bits per heavy atom. The number of anilines is 2. The fraction of sp³-hybridized carbons (Fsp3) is 0.353. The van der Waals surface area contributed by atoms with Crippen molar-refractivity contribution in [3.63, 3.8) is 0 Å². The van der Waals surface area contributed by atoms with E-state index in [2.05, 4.69) is 32.2 Å². The molecule has 1 aliphatic heterocycles. The van der Waals surface area contributed by atoms with Crippen molar-refractivity contribution < 1.29 is 4.79 Å². The number of piperazine rings is 1. The molecular formula is C17H19Cl2N5O. The molecule has 1 fully saturated rings. The molecule has 0 aliphatic carbocycles. The van der Waals surface area contributed by atoms with E-state index in [0.29, 0.717) is 15.7 Å². The van der Waals surface area contributed by atoms with Crippen LogP contribution in [0.25, 0.3) is 0 Å². The molecule has 0 spiro atoms. The highest BCUT2D eigenvalue weighted by molar-refractivity contribution is 6.44. The number of rotatable bonds is 4. The van der Waals surface area contributed by atoms with Gasteiger partial charge in [-0.3, -0.25) is 4.79 Å². The van der Waals surface area contributed by atoms with Crippen molar-refractivity contribution in [1.29, 1.82) is 0 Å². The molecule has 8 heteroatoms. The molecule has 132 valence electrons. The molecule has 1 aromatic carbocycles. The zero-order valence-electron chi connectivity index (χ0n) is 13.9. The SMILES string of the molecule is CCN1CCN(c2ccc(C(=O)Nc3cccc(Cl)c3Cl)nn2)CC1. The van der Waals surface area contributed by atoms with Gasteiger partial charge in [0, 0.05) is 26.2 Å². The molecule has 2 aromatic rings. The Labute approximate surface area is 156 Å². The smallest absolute Gasteiger partial charge is 0.276 e. The van der Waals surface area contributed by atoms with Crippen molar-refractivity contribution in [3.8, 4) is 0 Å². The van der Waals surface area contributed by atoms with Gasteiger partial charge in [0.2, 0.25) is 0 Å². The fourth-order valence-electron chi connectivity index (χ4n) is 2.69. The summed E-state index contributed by atoms with van der Waals surface area (Å²) >= 11 is 12.0. The monoisotopic (exact) mass is 379 g/mol. The zero-order chi connectivity index (χ0) is 17.8. The van der Waals surface area contributed by atoms with Gasteiger partial charge < -0.3 is 15.1 Å². The van der Waals surface area contributed by atoms with Crippen LogP contribution in [0.4, 0.5) is 11.5 Å². The van der Waals surface area contributed by atoms with Gasteiger partial charge in [0.25, 0.3) is 5.91 Å². The number of carbonyl (C=O) groups is 1. The summed E-state index contributed by atoms with van der Waals surface area (Å²) in [5.41, 5.74) is 0.674. The molecule has 1 saturated heterocycles. The minimum atomic E-state index is -0.376. The lowest BCUT2D eigenvalue weighted by molar-refractivity contribution is 0.102. The number of aromatic nitrogens is 2. The molecule has 1 amide bonds. The van der Waals surface area contributed by atoms with E-state index in [1.807, 2.05) is 6.07 Å². The van der Waals surface area contributed by atoms with Gasteiger partial charge in [-0.1, -0.05) is 36.2 Å². The highest BCUT2D eigenvalue weighted by Crippen LogP contribution is 2.29. The molecule has 1 aliphatic rings. The second kappa shape index (κ2) is 7.99. The van der Waals surface area contributed by atoms with Gasteiger partial charge in [-0.05, 0) is 30.8 Å². The minimum Gasteiger partial charge on any atom is -0.353 e. The number of nitrogens with one attached hydrogen (secondary N) is 1. The number of amides is 1. The van der Waals surface area contributed by atoms with Gasteiger partial charge in [-0.2, -0.15) is 0 Å². The molecule has 3 rings (SSSR count). The first kappa shape index (κ1) is 17.9. The summed E-state index contributed by atoms with van der Waals surface area (Å²) in [6.45, 7) is 7.06. The Kier molecular flexibility index (Phi) is 5.73. The lowest BCUT2D eigenvalue weighted by atomic mass is 10.3. The summed E-state index contributed by atoms with van der Waals surface area (Å²) in [5.74, 6) is 0.409. The summed E-state index contributed by atoms with van der Waals surface area (Å²) < 4.78 is 0. The predicted molar refractivity (Wildman–Crippen MR) is 101 cm³/mol. The van der Waals surface area contributed by atoms with Crippen LogP contribution in [0.15, 0.2) is 30.3 Å². The Bertz CT molecular complexity index is 745. The fourth-order valence-corrected chi connectivity index (χ4v) is 3.04. The van der Waals surface area contributed by atoms with Gasteiger partial charge in [-0.25, -0.2) is 0 Å². The van der Waals surface area contributed by atoms with Crippen LogP contribution in [0.1, 0.15) is 17.4 Å². The van der Waals surface area contributed by atoms with Crippen molar-refractivity contribution >= 4 is 40.6 Å². The summed E-state index contributed by atoms with van der Waals surface area (Å²) in [7, 11) is 0. The van der Waals surface area contributed by atoms with Crippen LogP contribution in [-0.4, -0.2) is 53.7 Å². The molecule has 6 nitrogen and oxygen atoms in total. The Morgan fingerprint density at radius 2 is 1.88 bits per heavy atom. The molecule has 1 N–H and O–H groups in total. The maximum absolute atomic E-state index is 12.3. The van der Waals surface area contributed by atoms with E-state index in [-0.39, 0.29) is 11.6 Å². The molecular weight excluding hydrogens is 361 g/mol. The van der Waals surface area contributed by atoms with Crippen molar-refractivity contribution in [2.45, 2.75) is 6.92 Å². The second-order valence-corrected chi connectivity index (χ2v) is 6.54. The van der Waals surface area contributed by atoms with Gasteiger partial charge in [0.05, 0.1) is 15.7 Å². The first-order valence-electron chi connectivity index (χ1n) is 8.15. The Morgan fingerprint density at radius 1 is 1.12 bits per heavy atom. The zero-order valence-corrected chi connectivity index (χ0v) is 15.4. The molecule has 0 radical (unpaired) electrons. The standard InChI is InChI=1S/C17H19Cl2N5O/c1-2-23-8-10-24(11-9-23)15-7-6-14(21-22-15)17(25)20-13-5-3-4-12(18)16(13)19/h3-7H,2,8-11H2,1H3,(H,20,25). The van der Waals surface area contributed by atoms with Gasteiger partial charge in [-0.15, -0.1) is 10.2 Å². The van der Waals surface area contributed by atoms with E-state index in [1.165, 1.54) is 0 Å². The van der Waals surface area contributed by atoms with Crippen LogP contribution in [0.5, 0.6) is 0 Å². The minimum absolute atomic E-state index is 0.229. The van der Waals surface area contributed by atoms with Gasteiger partial charge >= 0.3 is 0 Å². The molecule has 0 saturated carbocycles. The predicted octanol–water partition coefficient (Wildman–Crippen LogP) is 3.18. The number of benzene rings is 1. The van der Waals surface area contributed by atoms with E-state index >= 15 is 0 Å². The topological polar surface area (TPSA) is 61.4 Å². The first-order valence-corrected chi connectivity index (χ1v) is 8.90. The third kappa shape index (κ3) is 4.21. The molecule has 1 aromatic heterocycles. The van der Waals surface area contributed by atoms with Crippen molar-refractivity contribution in [2.75, 3.05) is 42.9 Å². The highest BCUT2D eigenvalue weighted by atomic mass is 35.5. The maximum Gasteiger partial charge on any atom is 0.276 e. The third-order valence-electron chi connectivity index (χ3n) is 4.23. The Hall–Kier alpha value is -1.89. The van der Waals surface area contributed by atoms with Crippen LogP contribution >= 0.6 is 23.2 Å². The third-order valence-corrected chi connectivity index (χ3v) is 5.05. The van der Waals surface area contributed by atoms with Crippen LogP contribution in [0, 0.1) is 0 Å².